The van der Waals surface area contributed by atoms with Crippen LogP contribution >= 0.6 is 0 Å². The molecule has 4 heterocycles. The van der Waals surface area contributed by atoms with E-state index < -0.39 is 11.7 Å². The summed E-state index contributed by atoms with van der Waals surface area (Å²) < 4.78 is 38.0. The van der Waals surface area contributed by atoms with Gasteiger partial charge in [0.1, 0.15) is 16.9 Å². The van der Waals surface area contributed by atoms with Crippen LogP contribution in [0.15, 0.2) is 55.1 Å². The van der Waals surface area contributed by atoms with Crippen LogP contribution in [0.25, 0.3) is 22.3 Å². The van der Waals surface area contributed by atoms with Crippen LogP contribution in [-0.4, -0.2) is 25.1 Å². The van der Waals surface area contributed by atoms with Gasteiger partial charge < -0.3 is 5.32 Å². The second-order valence-electron chi connectivity index (χ2n) is 6.07. The number of fused-ring (bicyclic) bond motifs is 1. The zero-order valence-electron chi connectivity index (χ0n) is 14.6. The minimum atomic E-state index is -4.43. The van der Waals surface area contributed by atoms with Gasteiger partial charge in [-0.05, 0) is 36.8 Å². The van der Waals surface area contributed by atoms with Gasteiger partial charge in [0.25, 0.3) is 0 Å². The Morgan fingerprint density at radius 3 is 2.54 bits per heavy atom. The third-order valence-corrected chi connectivity index (χ3v) is 4.11. The number of pyridine rings is 3. The van der Waals surface area contributed by atoms with E-state index in [1.54, 1.807) is 12.4 Å². The zero-order valence-corrected chi connectivity index (χ0v) is 14.6. The molecule has 0 saturated heterocycles. The van der Waals surface area contributed by atoms with Gasteiger partial charge >= 0.3 is 6.18 Å². The van der Waals surface area contributed by atoms with Crippen molar-refractivity contribution in [2.45, 2.75) is 13.1 Å². The topological polar surface area (TPSA) is 76.5 Å². The summed E-state index contributed by atoms with van der Waals surface area (Å²) in [5.74, 6) is 0.244. The Morgan fingerprint density at radius 1 is 0.964 bits per heavy atom. The SMILES string of the molecule is Cc1cccnc1-c1cnc2c(Nc3ccc(C(F)(F)F)cn3)cnnc2c1. The molecule has 0 amide bonds. The number of hydrogen-bond donors (Lipinski definition) is 1. The largest absolute Gasteiger partial charge is 0.417 e. The number of aryl methyl sites for hydroxylation is 1. The van der Waals surface area contributed by atoms with Crippen molar-refractivity contribution in [1.82, 2.24) is 25.1 Å². The summed E-state index contributed by atoms with van der Waals surface area (Å²) in [5.41, 5.74) is 3.31. The molecule has 0 fully saturated rings. The third kappa shape index (κ3) is 3.46. The first-order chi connectivity index (χ1) is 13.4. The molecule has 0 aromatic carbocycles. The molecular weight excluding hydrogens is 369 g/mol. The maximum Gasteiger partial charge on any atom is 0.417 e. The average molecular weight is 382 g/mol. The lowest BCUT2D eigenvalue weighted by Crippen LogP contribution is -2.06. The van der Waals surface area contributed by atoms with E-state index in [1.165, 1.54) is 12.3 Å². The molecule has 9 heteroatoms. The van der Waals surface area contributed by atoms with Gasteiger partial charge in [-0.1, -0.05) is 6.07 Å². The Hall–Kier alpha value is -3.62. The molecule has 0 aliphatic heterocycles. The lowest BCUT2D eigenvalue weighted by Gasteiger charge is -2.10. The molecule has 0 bridgehead atoms. The number of aromatic nitrogens is 5. The van der Waals surface area contributed by atoms with Crippen molar-refractivity contribution in [2.24, 2.45) is 0 Å². The van der Waals surface area contributed by atoms with Crippen molar-refractivity contribution < 1.29 is 13.2 Å². The van der Waals surface area contributed by atoms with Gasteiger partial charge in [-0.2, -0.15) is 18.3 Å². The first-order valence-corrected chi connectivity index (χ1v) is 8.25. The number of alkyl halides is 3. The Kier molecular flexibility index (Phi) is 4.34. The van der Waals surface area contributed by atoms with Gasteiger partial charge in [0, 0.05) is 24.2 Å². The van der Waals surface area contributed by atoms with Gasteiger partial charge in [-0.3, -0.25) is 9.97 Å². The van der Waals surface area contributed by atoms with E-state index in [9.17, 15) is 13.2 Å². The Balaban J connectivity index is 1.68. The van der Waals surface area contributed by atoms with Crippen molar-refractivity contribution in [2.75, 3.05) is 5.32 Å². The Bertz CT molecular complexity index is 1140. The number of hydrogen-bond acceptors (Lipinski definition) is 6. The summed E-state index contributed by atoms with van der Waals surface area (Å²) in [5, 5.41) is 11.0. The van der Waals surface area contributed by atoms with E-state index >= 15 is 0 Å². The minimum absolute atomic E-state index is 0.244. The third-order valence-electron chi connectivity index (χ3n) is 4.11. The number of nitrogens with one attached hydrogen (secondary N) is 1. The van der Waals surface area contributed by atoms with Gasteiger partial charge in [-0.15, -0.1) is 5.10 Å². The molecule has 4 aromatic rings. The molecule has 0 aliphatic rings. The van der Waals surface area contributed by atoms with Crippen LogP contribution in [0.1, 0.15) is 11.1 Å². The fraction of sp³-hybridized carbons (Fsp3) is 0.105. The average Bonchev–Trinajstić information content (AvgIpc) is 2.68. The summed E-state index contributed by atoms with van der Waals surface area (Å²) in [4.78, 5) is 12.6. The number of halogens is 3. The van der Waals surface area contributed by atoms with Crippen LogP contribution in [0, 0.1) is 6.92 Å². The van der Waals surface area contributed by atoms with Crippen LogP contribution in [-0.2, 0) is 6.18 Å². The molecule has 1 N–H and O–H groups in total. The van der Waals surface area contributed by atoms with Crippen LogP contribution in [0.5, 0.6) is 0 Å². The van der Waals surface area contributed by atoms with Crippen molar-refractivity contribution in [1.29, 1.82) is 0 Å². The van der Waals surface area contributed by atoms with E-state index in [0.29, 0.717) is 16.7 Å². The summed E-state index contributed by atoms with van der Waals surface area (Å²) in [7, 11) is 0. The fourth-order valence-corrected chi connectivity index (χ4v) is 2.73. The Morgan fingerprint density at radius 2 is 1.82 bits per heavy atom. The highest BCUT2D eigenvalue weighted by Gasteiger charge is 2.30. The first kappa shape index (κ1) is 17.8. The molecule has 0 unspecified atom stereocenters. The standard InChI is InChI=1S/C19H13F3N6/c1-11-3-2-6-23-17(11)12-7-14-18(25-8-12)15(10-26-28-14)27-16-5-4-13(9-24-16)19(20,21)22/h2-10H,1H3,(H,24,27,28). The van der Waals surface area contributed by atoms with E-state index in [4.69, 9.17) is 0 Å². The zero-order chi connectivity index (χ0) is 19.7. The smallest absolute Gasteiger partial charge is 0.337 e. The monoisotopic (exact) mass is 382 g/mol. The second-order valence-corrected chi connectivity index (χ2v) is 6.07. The molecule has 0 spiro atoms. The molecule has 0 atom stereocenters. The molecule has 28 heavy (non-hydrogen) atoms. The lowest BCUT2D eigenvalue weighted by molar-refractivity contribution is -0.137. The van der Waals surface area contributed by atoms with Crippen LogP contribution in [0.2, 0.25) is 0 Å². The fourth-order valence-electron chi connectivity index (χ4n) is 2.73. The highest BCUT2D eigenvalue weighted by molar-refractivity contribution is 5.90. The van der Waals surface area contributed by atoms with Gasteiger partial charge in [0.05, 0.1) is 23.1 Å². The van der Waals surface area contributed by atoms with E-state index in [0.717, 1.165) is 29.1 Å². The van der Waals surface area contributed by atoms with Crippen molar-refractivity contribution in [3.63, 3.8) is 0 Å². The molecular formula is C19H13F3N6. The quantitative estimate of drug-likeness (QED) is 0.560. The van der Waals surface area contributed by atoms with Crippen LogP contribution in [0.4, 0.5) is 24.7 Å². The van der Waals surface area contributed by atoms with E-state index in [-0.39, 0.29) is 5.82 Å². The summed E-state index contributed by atoms with van der Waals surface area (Å²) in [6, 6.07) is 7.83. The second kappa shape index (κ2) is 6.84. The maximum atomic E-state index is 12.7. The number of anilines is 2. The highest BCUT2D eigenvalue weighted by atomic mass is 19.4. The normalized spacial score (nSPS) is 11.6. The molecule has 0 aliphatic carbocycles. The highest BCUT2D eigenvalue weighted by Crippen LogP contribution is 2.30. The number of nitrogens with zero attached hydrogens (tertiary/aromatic N) is 5. The van der Waals surface area contributed by atoms with Crippen LogP contribution < -0.4 is 5.32 Å². The molecule has 6 nitrogen and oxygen atoms in total. The van der Waals surface area contributed by atoms with Crippen molar-refractivity contribution >= 4 is 22.5 Å². The molecule has 0 saturated carbocycles. The van der Waals surface area contributed by atoms with Gasteiger partial charge in [0.2, 0.25) is 0 Å². The van der Waals surface area contributed by atoms with Crippen molar-refractivity contribution in [3.05, 3.63) is 66.2 Å². The molecule has 140 valence electrons. The van der Waals surface area contributed by atoms with E-state index in [2.05, 4.69) is 30.5 Å². The maximum absolute atomic E-state index is 12.7. The number of rotatable bonds is 3. The predicted molar refractivity (Wildman–Crippen MR) is 97.8 cm³/mol. The summed E-state index contributed by atoms with van der Waals surface area (Å²) in [6.07, 6.45) is 1.16. The summed E-state index contributed by atoms with van der Waals surface area (Å²) in [6.45, 7) is 1.95. The lowest BCUT2D eigenvalue weighted by atomic mass is 10.1. The molecule has 4 rings (SSSR count). The summed E-state index contributed by atoms with van der Waals surface area (Å²) >= 11 is 0. The van der Waals surface area contributed by atoms with Crippen LogP contribution in [0.3, 0.4) is 0 Å². The molecule has 0 radical (unpaired) electrons. The predicted octanol–water partition coefficient (Wildman–Crippen LogP) is 4.55. The molecule has 4 aromatic heterocycles. The van der Waals surface area contributed by atoms with Gasteiger partial charge in [-0.25, -0.2) is 4.98 Å². The van der Waals surface area contributed by atoms with E-state index in [1.807, 2.05) is 25.1 Å². The van der Waals surface area contributed by atoms with Gasteiger partial charge in [0.15, 0.2) is 0 Å². The van der Waals surface area contributed by atoms with Crippen molar-refractivity contribution in [3.8, 4) is 11.3 Å². The minimum Gasteiger partial charge on any atom is -0.337 e. The Labute approximate surface area is 157 Å². The first-order valence-electron chi connectivity index (χ1n) is 8.25.